The average Bonchev–Trinajstić information content (AvgIpc) is 1.97. The lowest BCUT2D eigenvalue weighted by molar-refractivity contribution is -0.141. The van der Waals surface area contributed by atoms with Gasteiger partial charge in [-0.3, -0.25) is 4.79 Å². The van der Waals surface area contributed by atoms with E-state index in [1.807, 2.05) is 0 Å². The van der Waals surface area contributed by atoms with Crippen molar-refractivity contribution in [2.45, 2.75) is 46.1 Å². The first kappa shape index (κ1) is 12.4. The summed E-state index contributed by atoms with van der Waals surface area (Å²) in [6.45, 7) is 6.19. The van der Waals surface area contributed by atoms with E-state index in [2.05, 4.69) is 25.5 Å². The predicted octanol–water partition coefficient (Wildman–Crippen LogP) is 1.74. The minimum atomic E-state index is -0.404. The highest BCUT2D eigenvalue weighted by Gasteiger charge is 2.17. The van der Waals surface area contributed by atoms with E-state index in [4.69, 9.17) is 0 Å². The minimum Gasteiger partial charge on any atom is -0.469 e. The molecule has 0 aromatic rings. The Labute approximate surface area is 80.1 Å². The minimum absolute atomic E-state index is 0.107. The predicted molar refractivity (Wildman–Crippen MR) is 51.3 cm³/mol. The molecule has 0 aromatic carbocycles. The zero-order valence-electron chi connectivity index (χ0n) is 8.96. The molecule has 1 unspecified atom stereocenters. The molecule has 1 N–H and O–H groups in total. The smallest absolute Gasteiger partial charge is 0.305 e. The number of rotatable bonds is 4. The van der Waals surface area contributed by atoms with Crippen LogP contribution in [0.3, 0.4) is 0 Å². The SMILES string of the molecule is COC(=O)CCC(O)CC(C)(C)C. The van der Waals surface area contributed by atoms with Crippen LogP contribution >= 0.6 is 0 Å². The van der Waals surface area contributed by atoms with Crippen molar-refractivity contribution in [1.82, 2.24) is 0 Å². The van der Waals surface area contributed by atoms with Gasteiger partial charge in [-0.25, -0.2) is 0 Å². The van der Waals surface area contributed by atoms with Gasteiger partial charge in [0.15, 0.2) is 0 Å². The lowest BCUT2D eigenvalue weighted by Gasteiger charge is -2.21. The van der Waals surface area contributed by atoms with E-state index in [0.717, 1.165) is 0 Å². The molecule has 0 aromatic heterocycles. The van der Waals surface area contributed by atoms with Crippen molar-refractivity contribution >= 4 is 5.97 Å². The molecule has 0 bridgehead atoms. The second kappa shape index (κ2) is 5.22. The quantitative estimate of drug-likeness (QED) is 0.683. The van der Waals surface area contributed by atoms with Crippen molar-refractivity contribution in [3.05, 3.63) is 0 Å². The van der Waals surface area contributed by atoms with Crippen molar-refractivity contribution in [1.29, 1.82) is 0 Å². The number of aliphatic hydroxyl groups excluding tert-OH is 1. The van der Waals surface area contributed by atoms with Crippen molar-refractivity contribution in [2.75, 3.05) is 7.11 Å². The summed E-state index contributed by atoms with van der Waals surface area (Å²) in [5.74, 6) is -0.257. The van der Waals surface area contributed by atoms with Crippen LogP contribution in [0.5, 0.6) is 0 Å². The first-order chi connectivity index (χ1) is 5.85. The Balaban J connectivity index is 3.63. The van der Waals surface area contributed by atoms with Crippen molar-refractivity contribution in [3.63, 3.8) is 0 Å². The number of hydrogen-bond acceptors (Lipinski definition) is 3. The number of esters is 1. The van der Waals surface area contributed by atoms with Crippen LogP contribution in [0.4, 0.5) is 0 Å². The largest absolute Gasteiger partial charge is 0.469 e. The Morgan fingerprint density at radius 3 is 2.38 bits per heavy atom. The molecule has 0 rings (SSSR count). The molecular formula is C10H20O3. The molecule has 0 aliphatic rings. The van der Waals surface area contributed by atoms with Gasteiger partial charge in [0.25, 0.3) is 0 Å². The molecule has 0 saturated heterocycles. The number of aliphatic hydroxyl groups is 1. The fourth-order valence-corrected chi connectivity index (χ4v) is 1.20. The Morgan fingerprint density at radius 2 is 2.00 bits per heavy atom. The molecule has 3 nitrogen and oxygen atoms in total. The summed E-state index contributed by atoms with van der Waals surface area (Å²) in [4.78, 5) is 10.7. The Kier molecular flexibility index (Phi) is 4.99. The fourth-order valence-electron chi connectivity index (χ4n) is 1.20. The lowest BCUT2D eigenvalue weighted by Crippen LogP contribution is -2.18. The van der Waals surface area contributed by atoms with Gasteiger partial charge >= 0.3 is 5.97 Å². The zero-order chi connectivity index (χ0) is 10.5. The summed E-state index contributed by atoms with van der Waals surface area (Å²) in [5.41, 5.74) is 0.107. The normalized spacial score (nSPS) is 13.9. The van der Waals surface area contributed by atoms with Crippen LogP contribution in [-0.2, 0) is 9.53 Å². The average molecular weight is 188 g/mol. The molecule has 13 heavy (non-hydrogen) atoms. The number of carbonyl (C=O) groups is 1. The first-order valence-electron chi connectivity index (χ1n) is 4.60. The van der Waals surface area contributed by atoms with Gasteiger partial charge in [0.1, 0.15) is 0 Å². The molecule has 3 heteroatoms. The third-order valence-electron chi connectivity index (χ3n) is 1.76. The number of ether oxygens (including phenoxy) is 1. The molecule has 0 amide bonds. The topological polar surface area (TPSA) is 46.5 Å². The van der Waals surface area contributed by atoms with Gasteiger partial charge < -0.3 is 9.84 Å². The third kappa shape index (κ3) is 7.78. The molecule has 0 saturated carbocycles. The van der Waals surface area contributed by atoms with Gasteiger partial charge in [0.2, 0.25) is 0 Å². The zero-order valence-corrected chi connectivity index (χ0v) is 8.96. The number of methoxy groups -OCH3 is 1. The van der Waals surface area contributed by atoms with Gasteiger partial charge in [-0.2, -0.15) is 0 Å². The van der Waals surface area contributed by atoms with Crippen molar-refractivity contribution in [3.8, 4) is 0 Å². The van der Waals surface area contributed by atoms with Crippen LogP contribution in [0.25, 0.3) is 0 Å². The summed E-state index contributed by atoms with van der Waals surface area (Å²) < 4.78 is 4.48. The summed E-state index contributed by atoms with van der Waals surface area (Å²) in [6, 6.07) is 0. The van der Waals surface area contributed by atoms with E-state index in [9.17, 15) is 9.90 Å². The van der Waals surface area contributed by atoms with Crippen LogP contribution < -0.4 is 0 Å². The van der Waals surface area contributed by atoms with Gasteiger partial charge in [0, 0.05) is 6.42 Å². The van der Waals surface area contributed by atoms with Crippen molar-refractivity contribution in [2.24, 2.45) is 5.41 Å². The summed E-state index contributed by atoms with van der Waals surface area (Å²) in [5, 5.41) is 9.52. The lowest BCUT2D eigenvalue weighted by atomic mass is 9.88. The summed E-state index contributed by atoms with van der Waals surface area (Å²) >= 11 is 0. The van der Waals surface area contributed by atoms with E-state index in [0.29, 0.717) is 19.3 Å². The van der Waals surface area contributed by atoms with E-state index in [1.54, 1.807) is 0 Å². The fraction of sp³-hybridized carbons (Fsp3) is 0.900. The van der Waals surface area contributed by atoms with Crippen LogP contribution in [0.2, 0.25) is 0 Å². The van der Waals surface area contributed by atoms with E-state index < -0.39 is 6.10 Å². The van der Waals surface area contributed by atoms with Gasteiger partial charge in [-0.15, -0.1) is 0 Å². The third-order valence-corrected chi connectivity index (χ3v) is 1.76. The van der Waals surface area contributed by atoms with E-state index in [1.165, 1.54) is 7.11 Å². The Morgan fingerprint density at radius 1 is 1.46 bits per heavy atom. The highest BCUT2D eigenvalue weighted by Crippen LogP contribution is 2.22. The maximum atomic E-state index is 10.7. The van der Waals surface area contributed by atoms with Crippen LogP contribution in [0.1, 0.15) is 40.0 Å². The molecule has 0 aliphatic carbocycles. The molecule has 1 atom stereocenters. The van der Waals surface area contributed by atoms with Crippen LogP contribution in [0.15, 0.2) is 0 Å². The Hall–Kier alpha value is -0.570. The van der Waals surface area contributed by atoms with Gasteiger partial charge in [-0.05, 0) is 18.3 Å². The highest BCUT2D eigenvalue weighted by molar-refractivity contribution is 5.69. The molecule has 0 spiro atoms. The number of carbonyl (C=O) groups excluding carboxylic acids is 1. The summed E-state index contributed by atoms with van der Waals surface area (Å²) in [7, 11) is 1.36. The van der Waals surface area contributed by atoms with E-state index in [-0.39, 0.29) is 11.4 Å². The monoisotopic (exact) mass is 188 g/mol. The standard InChI is InChI=1S/C10H20O3/c1-10(2,3)7-8(11)5-6-9(12)13-4/h8,11H,5-7H2,1-4H3. The van der Waals surface area contributed by atoms with E-state index >= 15 is 0 Å². The second-order valence-electron chi connectivity index (χ2n) is 4.53. The van der Waals surface area contributed by atoms with Crippen LogP contribution in [-0.4, -0.2) is 24.3 Å². The highest BCUT2D eigenvalue weighted by atomic mass is 16.5. The van der Waals surface area contributed by atoms with Gasteiger partial charge in [-0.1, -0.05) is 20.8 Å². The first-order valence-corrected chi connectivity index (χ1v) is 4.60. The molecular weight excluding hydrogens is 168 g/mol. The molecule has 0 radical (unpaired) electrons. The van der Waals surface area contributed by atoms with Crippen molar-refractivity contribution < 1.29 is 14.6 Å². The maximum Gasteiger partial charge on any atom is 0.305 e. The van der Waals surface area contributed by atoms with Gasteiger partial charge in [0.05, 0.1) is 13.2 Å². The second-order valence-corrected chi connectivity index (χ2v) is 4.53. The molecule has 78 valence electrons. The summed E-state index contributed by atoms with van der Waals surface area (Å²) in [6.07, 6.45) is 1.10. The van der Waals surface area contributed by atoms with Crippen LogP contribution in [0, 0.1) is 5.41 Å². The Bertz CT molecular complexity index is 158. The maximum absolute atomic E-state index is 10.7. The molecule has 0 heterocycles. The molecule has 0 aliphatic heterocycles. The molecule has 0 fully saturated rings. The number of hydrogen-bond donors (Lipinski definition) is 1.